The lowest BCUT2D eigenvalue weighted by Crippen LogP contribution is -2.55. The van der Waals surface area contributed by atoms with Gasteiger partial charge in [-0.05, 0) is 62.9 Å². The number of hydrogen-bond acceptors (Lipinski definition) is 6. The van der Waals surface area contributed by atoms with E-state index in [1.807, 2.05) is 0 Å². The first-order chi connectivity index (χ1) is 19.0. The highest BCUT2D eigenvalue weighted by Gasteiger charge is 2.72. The van der Waals surface area contributed by atoms with Gasteiger partial charge in [0.1, 0.15) is 5.82 Å². The number of aromatic nitrogens is 1. The molecule has 3 atom stereocenters. The van der Waals surface area contributed by atoms with Crippen LogP contribution in [0.1, 0.15) is 63.7 Å². The summed E-state index contributed by atoms with van der Waals surface area (Å²) in [7, 11) is 0. The van der Waals surface area contributed by atoms with E-state index in [0.717, 1.165) is 31.0 Å². The van der Waals surface area contributed by atoms with Crippen LogP contribution in [-0.4, -0.2) is 65.3 Å². The summed E-state index contributed by atoms with van der Waals surface area (Å²) in [6.07, 6.45) is -2.25. The third kappa shape index (κ3) is 5.93. The Hall–Kier alpha value is -3.91. The van der Waals surface area contributed by atoms with E-state index < -0.39 is 47.6 Å². The van der Waals surface area contributed by atoms with Gasteiger partial charge in [0, 0.05) is 41.1 Å². The zero-order valence-corrected chi connectivity index (χ0v) is 21.6. The summed E-state index contributed by atoms with van der Waals surface area (Å²) in [5, 5.41) is 4.56. The number of amides is 2. The second-order valence-corrected chi connectivity index (χ2v) is 10.2. The molecule has 15 heteroatoms. The summed E-state index contributed by atoms with van der Waals surface area (Å²) < 4.78 is 91.7. The van der Waals surface area contributed by atoms with Gasteiger partial charge in [0.2, 0.25) is 0 Å². The molecular formula is C26H26F7N5O3. The number of carbonyl (C=O) groups excluding carboxylic acids is 3. The maximum Gasteiger partial charge on any atom is 0.459 e. The summed E-state index contributed by atoms with van der Waals surface area (Å²) in [5.74, 6) is -13.2. The van der Waals surface area contributed by atoms with E-state index in [4.69, 9.17) is 5.73 Å². The van der Waals surface area contributed by atoms with Gasteiger partial charge in [-0.1, -0.05) is 0 Å². The van der Waals surface area contributed by atoms with Crippen molar-refractivity contribution in [3.8, 4) is 0 Å². The number of carbonyl (C=O) groups is 3. The molecule has 222 valence electrons. The average Bonchev–Trinajstić information content (AvgIpc) is 3.16. The van der Waals surface area contributed by atoms with Crippen molar-refractivity contribution >= 4 is 29.1 Å². The van der Waals surface area contributed by atoms with E-state index in [0.29, 0.717) is 24.2 Å². The van der Waals surface area contributed by atoms with E-state index in [1.165, 1.54) is 13.1 Å². The first-order valence-electron chi connectivity index (χ1n) is 12.6. The number of rotatable bonds is 9. The van der Waals surface area contributed by atoms with Gasteiger partial charge in [-0.25, -0.2) is 4.98 Å². The highest BCUT2D eigenvalue weighted by molar-refractivity contribution is 6.02. The number of ketones is 1. The molecule has 2 aromatic rings. The molecule has 4 N–H and O–H groups in total. The van der Waals surface area contributed by atoms with E-state index in [2.05, 4.69) is 15.2 Å². The molecule has 41 heavy (non-hydrogen) atoms. The van der Waals surface area contributed by atoms with Crippen LogP contribution >= 0.6 is 0 Å². The van der Waals surface area contributed by atoms with Gasteiger partial charge in [0.15, 0.2) is 5.78 Å². The number of nitrogens with two attached hydrogens (primary N) is 1. The Labute approximate surface area is 229 Å². The third-order valence-electron chi connectivity index (χ3n) is 7.35. The van der Waals surface area contributed by atoms with E-state index >= 15 is 0 Å². The van der Waals surface area contributed by atoms with Crippen LogP contribution in [0.15, 0.2) is 36.5 Å². The van der Waals surface area contributed by atoms with Crippen molar-refractivity contribution < 1.29 is 45.1 Å². The Morgan fingerprint density at radius 2 is 1.59 bits per heavy atom. The predicted molar refractivity (Wildman–Crippen MR) is 133 cm³/mol. The number of halogens is 7. The normalized spacial score (nSPS) is 21.0. The second-order valence-electron chi connectivity index (χ2n) is 10.2. The zero-order chi connectivity index (χ0) is 30.3. The fourth-order valence-electron chi connectivity index (χ4n) is 5.26. The first kappa shape index (κ1) is 30.1. The molecule has 2 bridgehead atoms. The van der Waals surface area contributed by atoms with Gasteiger partial charge in [-0.15, -0.1) is 0 Å². The molecule has 0 aliphatic carbocycles. The van der Waals surface area contributed by atoms with Gasteiger partial charge >= 0.3 is 18.0 Å². The number of fused-ring (bicyclic) bond motifs is 2. The minimum absolute atomic E-state index is 0.0433. The number of benzene rings is 1. The molecule has 0 spiro atoms. The van der Waals surface area contributed by atoms with Crippen molar-refractivity contribution in [1.29, 1.82) is 0 Å². The minimum Gasteiger partial charge on any atom is -0.378 e. The minimum atomic E-state index is -6.52. The topological polar surface area (TPSA) is 117 Å². The van der Waals surface area contributed by atoms with Crippen LogP contribution < -0.4 is 21.3 Å². The molecule has 2 saturated heterocycles. The van der Waals surface area contributed by atoms with E-state index in [9.17, 15) is 45.1 Å². The van der Waals surface area contributed by atoms with Gasteiger partial charge in [0.05, 0.1) is 12.1 Å². The molecule has 2 amide bonds. The summed E-state index contributed by atoms with van der Waals surface area (Å²) in [4.78, 5) is 42.8. The molecule has 1 aromatic carbocycles. The summed E-state index contributed by atoms with van der Waals surface area (Å²) in [5.41, 5.74) is 4.43. The average molecular weight is 590 g/mol. The molecule has 3 heterocycles. The number of hydrogen-bond donors (Lipinski definition) is 3. The molecule has 1 unspecified atom stereocenters. The summed E-state index contributed by atoms with van der Waals surface area (Å²) in [6.45, 7) is -0.745. The largest absolute Gasteiger partial charge is 0.459 e. The standard InChI is InChI=1S/C26H26F7N5O3/c1-13(39)15-3-7-21(35-11-15)38-17-4-5-18(38)10-16(9-17)37-23(41)14-2-6-19(22(34)40)20(8-14)36-12-24(27,28)25(29,30)26(31,32)33/h2-3,6-8,11,16-18,36H,4-5,9-10,12H2,1H3,(H2,34,40)(H,37,41)/t16?,17-,18+. The van der Waals surface area contributed by atoms with Crippen molar-refractivity contribution in [3.63, 3.8) is 0 Å². The zero-order valence-electron chi connectivity index (χ0n) is 21.6. The highest BCUT2D eigenvalue weighted by Crippen LogP contribution is 2.46. The van der Waals surface area contributed by atoms with Crippen LogP contribution in [-0.2, 0) is 0 Å². The lowest BCUT2D eigenvalue weighted by Gasteiger charge is -2.40. The van der Waals surface area contributed by atoms with Crippen LogP contribution in [0, 0.1) is 0 Å². The fraction of sp³-hybridized carbons (Fsp3) is 0.462. The van der Waals surface area contributed by atoms with Crippen molar-refractivity contribution in [1.82, 2.24) is 10.3 Å². The molecule has 8 nitrogen and oxygen atoms in total. The maximum absolute atomic E-state index is 13.8. The van der Waals surface area contributed by atoms with Crippen LogP contribution in [0.3, 0.4) is 0 Å². The van der Waals surface area contributed by atoms with Crippen LogP contribution in [0.2, 0.25) is 0 Å². The Morgan fingerprint density at radius 3 is 2.10 bits per heavy atom. The smallest absolute Gasteiger partial charge is 0.378 e. The lowest BCUT2D eigenvalue weighted by molar-refractivity contribution is -0.350. The Bertz CT molecular complexity index is 1320. The number of alkyl halides is 7. The Kier molecular flexibility index (Phi) is 7.93. The lowest BCUT2D eigenvalue weighted by atomic mass is 9.96. The van der Waals surface area contributed by atoms with Crippen molar-refractivity contribution in [3.05, 3.63) is 53.2 Å². The first-order valence-corrected chi connectivity index (χ1v) is 12.6. The molecule has 2 fully saturated rings. The second kappa shape index (κ2) is 10.8. The molecule has 4 rings (SSSR count). The number of pyridine rings is 1. The fourth-order valence-corrected chi connectivity index (χ4v) is 5.26. The highest BCUT2D eigenvalue weighted by atomic mass is 19.4. The van der Waals surface area contributed by atoms with Crippen LogP contribution in [0.5, 0.6) is 0 Å². The van der Waals surface area contributed by atoms with Gasteiger partial charge in [-0.3, -0.25) is 14.4 Å². The van der Waals surface area contributed by atoms with Crippen LogP contribution in [0.25, 0.3) is 0 Å². The molecule has 0 radical (unpaired) electrons. The van der Waals surface area contributed by atoms with Crippen molar-refractivity contribution in [2.75, 3.05) is 16.8 Å². The Morgan fingerprint density at radius 1 is 0.976 bits per heavy atom. The molecule has 2 aliphatic heterocycles. The quantitative estimate of drug-likeness (QED) is 0.292. The monoisotopic (exact) mass is 589 g/mol. The van der Waals surface area contributed by atoms with Crippen LogP contribution in [0.4, 0.5) is 42.2 Å². The number of piperidine rings is 1. The summed E-state index contributed by atoms with van der Waals surface area (Å²) >= 11 is 0. The predicted octanol–water partition coefficient (Wildman–Crippen LogP) is 4.56. The maximum atomic E-state index is 13.8. The van der Waals surface area contributed by atoms with E-state index in [1.54, 1.807) is 17.4 Å². The number of nitrogens with one attached hydrogen (secondary N) is 2. The number of Topliss-reactive ketones (excluding diaryl/α,β-unsaturated/α-hetero) is 1. The van der Waals surface area contributed by atoms with Crippen molar-refractivity contribution in [2.24, 2.45) is 5.73 Å². The van der Waals surface area contributed by atoms with Gasteiger partial charge < -0.3 is 21.3 Å². The summed E-state index contributed by atoms with van der Waals surface area (Å²) in [6, 6.07) is 6.29. The molecule has 1 aromatic heterocycles. The SMILES string of the molecule is CC(=O)c1ccc(N2[C@@H]3CC[C@H]2CC(NC(=O)c2ccc(C(N)=O)c(NCC(F)(F)C(F)(F)C(F)(F)F)c2)C3)nc1. The van der Waals surface area contributed by atoms with E-state index in [-0.39, 0.29) is 29.5 Å². The molecule has 2 aliphatic rings. The molecule has 0 saturated carbocycles. The number of primary amides is 1. The van der Waals surface area contributed by atoms with Gasteiger partial charge in [0.25, 0.3) is 11.8 Å². The third-order valence-corrected chi connectivity index (χ3v) is 7.35. The Balaban J connectivity index is 1.45. The van der Waals surface area contributed by atoms with Gasteiger partial charge in [-0.2, -0.15) is 30.7 Å². The van der Waals surface area contributed by atoms with Crippen molar-refractivity contribution in [2.45, 2.75) is 68.8 Å². The number of anilines is 2. The number of nitrogens with zero attached hydrogens (tertiary/aromatic N) is 2. The molecular weight excluding hydrogens is 563 g/mol.